The summed E-state index contributed by atoms with van der Waals surface area (Å²) in [6.45, 7) is 3.99. The summed E-state index contributed by atoms with van der Waals surface area (Å²) in [5.74, 6) is 1.36. The molecule has 0 spiro atoms. The van der Waals surface area contributed by atoms with Crippen LogP contribution in [0, 0.1) is 12.8 Å². The molecule has 2 unspecified atom stereocenters. The fraction of sp³-hybridized carbons (Fsp3) is 0.467. The molecule has 3 N–H and O–H groups in total. The molecule has 5 nitrogen and oxygen atoms in total. The quantitative estimate of drug-likeness (QED) is 0.851. The monoisotopic (exact) mass is 311 g/mol. The number of aliphatic hydroxyl groups is 1. The molecular formula is C15H22ClN3O2. The van der Waals surface area contributed by atoms with Crippen LogP contribution in [0.4, 0.5) is 0 Å². The molecule has 116 valence electrons. The first kappa shape index (κ1) is 17.6. The molecule has 6 heteroatoms. The number of hydrogen-bond donors (Lipinski definition) is 2. The second kappa shape index (κ2) is 8.12. The summed E-state index contributed by atoms with van der Waals surface area (Å²) < 4.78 is 5.26. The molecule has 0 amide bonds. The van der Waals surface area contributed by atoms with Crippen LogP contribution in [0.2, 0.25) is 0 Å². The molecule has 1 aromatic heterocycles. The Kier molecular flexibility index (Phi) is 6.81. The van der Waals surface area contributed by atoms with E-state index in [1.54, 1.807) is 0 Å². The van der Waals surface area contributed by atoms with Crippen molar-refractivity contribution in [3.8, 4) is 0 Å². The predicted octanol–water partition coefficient (Wildman–Crippen LogP) is 1.89. The fourth-order valence-corrected chi connectivity index (χ4v) is 2.06. The van der Waals surface area contributed by atoms with Gasteiger partial charge in [-0.3, -0.25) is 0 Å². The highest BCUT2D eigenvalue weighted by molar-refractivity contribution is 5.85. The number of hydrogen-bond acceptors (Lipinski definition) is 5. The van der Waals surface area contributed by atoms with Crippen molar-refractivity contribution in [1.29, 1.82) is 0 Å². The maximum atomic E-state index is 9.02. The standard InChI is InChI=1S/C15H21N3O2.ClH/c1-10-4-3-5-12(6-10)8-15-17-14(18-20-15)7-11(2)13(16)9-19;/h3-6,11,13,19H,7-9,16H2,1-2H3;1H. The summed E-state index contributed by atoms with van der Waals surface area (Å²) in [6.07, 6.45) is 1.24. The zero-order valence-electron chi connectivity index (χ0n) is 12.3. The third kappa shape index (κ3) is 5.12. The van der Waals surface area contributed by atoms with Crippen LogP contribution in [0.3, 0.4) is 0 Å². The van der Waals surface area contributed by atoms with Gasteiger partial charge in [0.25, 0.3) is 0 Å². The van der Waals surface area contributed by atoms with Gasteiger partial charge in [0.05, 0.1) is 13.0 Å². The molecule has 1 aromatic carbocycles. The molecule has 2 rings (SSSR count). The van der Waals surface area contributed by atoms with Crippen molar-refractivity contribution in [2.24, 2.45) is 11.7 Å². The van der Waals surface area contributed by atoms with Gasteiger partial charge < -0.3 is 15.4 Å². The third-order valence-corrected chi connectivity index (χ3v) is 3.39. The van der Waals surface area contributed by atoms with Crippen LogP contribution in [0.5, 0.6) is 0 Å². The number of aliphatic hydroxyl groups excluding tert-OH is 1. The molecule has 0 bridgehead atoms. The van der Waals surface area contributed by atoms with Crippen LogP contribution in [0.1, 0.15) is 29.8 Å². The van der Waals surface area contributed by atoms with Gasteiger partial charge in [-0.15, -0.1) is 12.4 Å². The van der Waals surface area contributed by atoms with E-state index >= 15 is 0 Å². The van der Waals surface area contributed by atoms with Crippen LogP contribution in [-0.4, -0.2) is 27.9 Å². The molecule has 0 radical (unpaired) electrons. The first-order valence-corrected chi connectivity index (χ1v) is 6.82. The van der Waals surface area contributed by atoms with Crippen molar-refractivity contribution in [1.82, 2.24) is 10.1 Å². The minimum atomic E-state index is -0.256. The summed E-state index contributed by atoms with van der Waals surface area (Å²) in [5, 5.41) is 13.0. The number of halogens is 1. The van der Waals surface area contributed by atoms with Gasteiger partial charge in [-0.25, -0.2) is 0 Å². The first-order valence-electron chi connectivity index (χ1n) is 6.82. The Bertz CT molecular complexity index is 559. The second-order valence-corrected chi connectivity index (χ2v) is 5.30. The van der Waals surface area contributed by atoms with Gasteiger partial charge in [0.1, 0.15) is 0 Å². The lowest BCUT2D eigenvalue weighted by atomic mass is 9.99. The Morgan fingerprint density at radius 1 is 1.38 bits per heavy atom. The average molecular weight is 312 g/mol. The van der Waals surface area contributed by atoms with Crippen molar-refractivity contribution in [2.75, 3.05) is 6.61 Å². The molecule has 21 heavy (non-hydrogen) atoms. The highest BCUT2D eigenvalue weighted by atomic mass is 35.5. The molecule has 2 aromatic rings. The number of nitrogens with zero attached hydrogens (tertiary/aromatic N) is 2. The van der Waals surface area contributed by atoms with E-state index in [9.17, 15) is 0 Å². The molecule has 0 saturated carbocycles. The molecule has 0 aliphatic carbocycles. The van der Waals surface area contributed by atoms with E-state index in [0.717, 1.165) is 5.56 Å². The maximum Gasteiger partial charge on any atom is 0.231 e. The number of benzene rings is 1. The highest BCUT2D eigenvalue weighted by Gasteiger charge is 2.16. The molecule has 0 fully saturated rings. The lowest BCUT2D eigenvalue weighted by molar-refractivity contribution is 0.230. The van der Waals surface area contributed by atoms with E-state index in [1.165, 1.54) is 5.56 Å². The summed E-state index contributed by atoms with van der Waals surface area (Å²) in [5.41, 5.74) is 8.14. The van der Waals surface area contributed by atoms with Crippen LogP contribution < -0.4 is 5.73 Å². The fourth-order valence-electron chi connectivity index (χ4n) is 2.06. The third-order valence-electron chi connectivity index (χ3n) is 3.39. The SMILES string of the molecule is Cc1cccc(Cc2nc(CC(C)C(N)CO)no2)c1.Cl. The van der Waals surface area contributed by atoms with Gasteiger partial charge >= 0.3 is 0 Å². The number of aromatic nitrogens is 2. The van der Waals surface area contributed by atoms with Crippen molar-refractivity contribution in [3.05, 3.63) is 47.1 Å². The van der Waals surface area contributed by atoms with Gasteiger partial charge in [-0.1, -0.05) is 41.9 Å². The summed E-state index contributed by atoms with van der Waals surface area (Å²) in [4.78, 5) is 4.38. The smallest absolute Gasteiger partial charge is 0.231 e. The summed E-state index contributed by atoms with van der Waals surface area (Å²) in [6, 6.07) is 7.97. The zero-order valence-corrected chi connectivity index (χ0v) is 13.1. The molecule has 0 saturated heterocycles. The largest absolute Gasteiger partial charge is 0.395 e. The Hall–Kier alpha value is -1.43. The Labute approximate surface area is 131 Å². The minimum absolute atomic E-state index is 0. The van der Waals surface area contributed by atoms with E-state index in [1.807, 2.05) is 19.1 Å². The average Bonchev–Trinajstić information content (AvgIpc) is 2.85. The normalized spacial score (nSPS) is 13.5. The molecule has 2 atom stereocenters. The van der Waals surface area contributed by atoms with Gasteiger partial charge in [0, 0.05) is 12.5 Å². The maximum absolute atomic E-state index is 9.02. The first-order chi connectivity index (χ1) is 9.58. The summed E-state index contributed by atoms with van der Waals surface area (Å²) >= 11 is 0. The lowest BCUT2D eigenvalue weighted by Gasteiger charge is -2.14. The van der Waals surface area contributed by atoms with Crippen LogP contribution in [-0.2, 0) is 12.8 Å². The molecule has 0 aliphatic rings. The molecule has 0 aliphatic heterocycles. The van der Waals surface area contributed by atoms with E-state index in [0.29, 0.717) is 24.6 Å². The number of rotatable bonds is 6. The van der Waals surface area contributed by atoms with Crippen molar-refractivity contribution >= 4 is 12.4 Å². The van der Waals surface area contributed by atoms with E-state index in [2.05, 4.69) is 29.2 Å². The molecule has 1 heterocycles. The topological polar surface area (TPSA) is 85.2 Å². The van der Waals surface area contributed by atoms with Crippen molar-refractivity contribution < 1.29 is 9.63 Å². The van der Waals surface area contributed by atoms with Crippen LogP contribution in [0.25, 0.3) is 0 Å². The van der Waals surface area contributed by atoms with Gasteiger partial charge in [0.2, 0.25) is 5.89 Å². The van der Waals surface area contributed by atoms with Gasteiger partial charge in [0.15, 0.2) is 5.82 Å². The Morgan fingerprint density at radius 2 is 2.14 bits per heavy atom. The Morgan fingerprint density at radius 3 is 2.81 bits per heavy atom. The second-order valence-electron chi connectivity index (χ2n) is 5.30. The van der Waals surface area contributed by atoms with Crippen LogP contribution >= 0.6 is 12.4 Å². The number of nitrogens with two attached hydrogens (primary N) is 1. The van der Waals surface area contributed by atoms with E-state index < -0.39 is 0 Å². The molecular weight excluding hydrogens is 290 g/mol. The van der Waals surface area contributed by atoms with Gasteiger partial charge in [-0.05, 0) is 18.4 Å². The minimum Gasteiger partial charge on any atom is -0.395 e. The van der Waals surface area contributed by atoms with Gasteiger partial charge in [-0.2, -0.15) is 4.98 Å². The highest BCUT2D eigenvalue weighted by Crippen LogP contribution is 2.12. The van der Waals surface area contributed by atoms with E-state index in [-0.39, 0.29) is 31.0 Å². The van der Waals surface area contributed by atoms with Crippen molar-refractivity contribution in [2.45, 2.75) is 32.7 Å². The predicted molar refractivity (Wildman–Crippen MR) is 83.5 cm³/mol. The Balaban J connectivity index is 0.00000220. The van der Waals surface area contributed by atoms with Crippen molar-refractivity contribution in [3.63, 3.8) is 0 Å². The lowest BCUT2D eigenvalue weighted by Crippen LogP contribution is -2.33. The number of aryl methyl sites for hydroxylation is 1. The zero-order chi connectivity index (χ0) is 14.5. The van der Waals surface area contributed by atoms with E-state index in [4.69, 9.17) is 15.4 Å². The van der Waals surface area contributed by atoms with Crippen LogP contribution in [0.15, 0.2) is 28.8 Å². The summed E-state index contributed by atoms with van der Waals surface area (Å²) in [7, 11) is 0.